The highest BCUT2D eigenvalue weighted by molar-refractivity contribution is 7.89. The van der Waals surface area contributed by atoms with Gasteiger partial charge < -0.3 is 14.8 Å². The number of para-hydroxylation sites is 2. The van der Waals surface area contributed by atoms with Crippen molar-refractivity contribution in [2.24, 2.45) is 5.92 Å². The maximum absolute atomic E-state index is 12.9. The monoisotopic (exact) mass is 430 g/mol. The number of sulfonamides is 1. The lowest BCUT2D eigenvalue weighted by molar-refractivity contribution is -0.126. The minimum Gasteiger partial charge on any atom is -0.486 e. The van der Waals surface area contributed by atoms with Gasteiger partial charge in [0, 0.05) is 13.1 Å². The van der Waals surface area contributed by atoms with E-state index in [2.05, 4.69) is 5.32 Å². The van der Waals surface area contributed by atoms with Crippen molar-refractivity contribution < 1.29 is 22.7 Å². The molecule has 2 aliphatic rings. The van der Waals surface area contributed by atoms with Gasteiger partial charge in [-0.25, -0.2) is 8.42 Å². The first-order chi connectivity index (χ1) is 14.4. The molecule has 2 heterocycles. The first-order valence-corrected chi connectivity index (χ1v) is 11.6. The van der Waals surface area contributed by atoms with Crippen molar-refractivity contribution in [3.05, 3.63) is 54.1 Å². The van der Waals surface area contributed by atoms with E-state index < -0.39 is 10.0 Å². The van der Waals surface area contributed by atoms with Crippen LogP contribution in [-0.2, 0) is 14.8 Å². The summed E-state index contributed by atoms with van der Waals surface area (Å²) >= 11 is 0. The van der Waals surface area contributed by atoms with Gasteiger partial charge in [-0.15, -0.1) is 0 Å². The summed E-state index contributed by atoms with van der Waals surface area (Å²) in [4.78, 5) is 13.0. The van der Waals surface area contributed by atoms with Crippen molar-refractivity contribution in [1.29, 1.82) is 0 Å². The van der Waals surface area contributed by atoms with Gasteiger partial charge in [0.25, 0.3) is 0 Å². The number of hydrogen-bond acceptors (Lipinski definition) is 5. The SMILES string of the molecule is Cc1ccc(S(=O)(=O)N2CCC[C@@H](C(=O)NC[C@H]3COc4ccccc4O3)C2)cc1. The fourth-order valence-corrected chi connectivity index (χ4v) is 5.28. The maximum atomic E-state index is 12.9. The van der Waals surface area contributed by atoms with E-state index in [-0.39, 0.29) is 29.4 Å². The molecule has 8 heteroatoms. The van der Waals surface area contributed by atoms with Crippen LogP contribution in [-0.4, -0.2) is 51.0 Å². The fourth-order valence-electron chi connectivity index (χ4n) is 3.76. The number of hydrogen-bond donors (Lipinski definition) is 1. The zero-order chi connectivity index (χ0) is 21.1. The van der Waals surface area contributed by atoms with Crippen LogP contribution < -0.4 is 14.8 Å². The van der Waals surface area contributed by atoms with E-state index in [0.717, 1.165) is 5.56 Å². The van der Waals surface area contributed by atoms with Crippen molar-refractivity contribution in [3.8, 4) is 11.5 Å². The number of aryl methyl sites for hydroxylation is 1. The van der Waals surface area contributed by atoms with Crippen molar-refractivity contribution >= 4 is 15.9 Å². The lowest BCUT2D eigenvalue weighted by atomic mass is 9.99. The number of carbonyl (C=O) groups is 1. The van der Waals surface area contributed by atoms with E-state index in [1.165, 1.54) is 4.31 Å². The number of ether oxygens (including phenoxy) is 2. The molecule has 2 aliphatic heterocycles. The van der Waals surface area contributed by atoms with Gasteiger partial charge in [-0.05, 0) is 44.0 Å². The summed E-state index contributed by atoms with van der Waals surface area (Å²) < 4.78 is 38.8. The molecule has 0 spiro atoms. The Morgan fingerprint density at radius 3 is 2.63 bits per heavy atom. The molecule has 30 heavy (non-hydrogen) atoms. The van der Waals surface area contributed by atoms with Gasteiger partial charge >= 0.3 is 0 Å². The van der Waals surface area contributed by atoms with Gasteiger partial charge in [0.1, 0.15) is 12.7 Å². The minimum absolute atomic E-state index is 0.152. The third kappa shape index (κ3) is 4.44. The van der Waals surface area contributed by atoms with Gasteiger partial charge in [-0.1, -0.05) is 29.8 Å². The predicted molar refractivity (Wildman–Crippen MR) is 112 cm³/mol. The van der Waals surface area contributed by atoms with Crippen LogP contribution in [0.3, 0.4) is 0 Å². The van der Waals surface area contributed by atoms with Crippen LogP contribution in [0.5, 0.6) is 11.5 Å². The summed E-state index contributed by atoms with van der Waals surface area (Å²) in [6, 6.07) is 14.2. The predicted octanol–water partition coefficient (Wildman–Crippen LogP) is 2.35. The van der Waals surface area contributed by atoms with Crippen LogP contribution in [0.25, 0.3) is 0 Å². The summed E-state index contributed by atoms with van der Waals surface area (Å²) in [5.74, 6) is 0.831. The van der Waals surface area contributed by atoms with Gasteiger partial charge in [0.05, 0.1) is 17.4 Å². The summed E-state index contributed by atoms with van der Waals surface area (Å²) in [7, 11) is -3.61. The van der Waals surface area contributed by atoms with Gasteiger partial charge in [0.2, 0.25) is 15.9 Å². The standard InChI is InChI=1S/C22H26N2O5S/c1-16-8-10-19(11-9-16)30(26,27)24-12-4-5-17(14-24)22(25)23-13-18-15-28-20-6-2-3-7-21(20)29-18/h2-3,6-11,17-18H,4-5,12-15H2,1H3,(H,23,25)/t17-,18+/m1/s1. The third-order valence-electron chi connectivity index (χ3n) is 5.49. The lowest BCUT2D eigenvalue weighted by Gasteiger charge is -2.32. The second-order valence-corrected chi connectivity index (χ2v) is 9.70. The Labute approximate surface area is 177 Å². The highest BCUT2D eigenvalue weighted by atomic mass is 32.2. The molecule has 0 aliphatic carbocycles. The summed E-state index contributed by atoms with van der Waals surface area (Å²) in [5, 5.41) is 2.91. The first kappa shape index (κ1) is 20.7. The molecular weight excluding hydrogens is 404 g/mol. The van der Waals surface area contributed by atoms with Crippen LogP contribution in [0, 0.1) is 12.8 Å². The largest absolute Gasteiger partial charge is 0.486 e. The molecule has 0 unspecified atom stereocenters. The number of fused-ring (bicyclic) bond motifs is 1. The van der Waals surface area contributed by atoms with Crippen LogP contribution in [0.1, 0.15) is 18.4 Å². The van der Waals surface area contributed by atoms with Gasteiger partial charge in [-0.3, -0.25) is 4.79 Å². The molecule has 2 aromatic rings. The van der Waals surface area contributed by atoms with Crippen LogP contribution >= 0.6 is 0 Å². The second-order valence-electron chi connectivity index (χ2n) is 7.76. The number of nitrogens with one attached hydrogen (secondary N) is 1. The number of nitrogens with zero attached hydrogens (tertiary/aromatic N) is 1. The molecule has 4 rings (SSSR count). The van der Waals surface area contributed by atoms with Crippen LogP contribution in [0.2, 0.25) is 0 Å². The molecule has 2 atom stereocenters. The molecule has 1 saturated heterocycles. The van der Waals surface area contributed by atoms with E-state index in [0.29, 0.717) is 44.0 Å². The number of piperidine rings is 1. The highest BCUT2D eigenvalue weighted by Crippen LogP contribution is 2.30. The minimum atomic E-state index is -3.61. The number of carbonyl (C=O) groups excluding carboxylic acids is 1. The van der Waals surface area contributed by atoms with E-state index in [9.17, 15) is 13.2 Å². The molecule has 2 aromatic carbocycles. The lowest BCUT2D eigenvalue weighted by Crippen LogP contribution is -2.48. The molecule has 160 valence electrons. The normalized spacial score (nSPS) is 21.8. The number of benzene rings is 2. The quantitative estimate of drug-likeness (QED) is 0.787. The Morgan fingerprint density at radius 1 is 1.13 bits per heavy atom. The van der Waals surface area contributed by atoms with Crippen molar-refractivity contribution in [2.45, 2.75) is 30.8 Å². The third-order valence-corrected chi connectivity index (χ3v) is 7.36. The molecule has 1 amide bonds. The van der Waals surface area contributed by atoms with Crippen LogP contribution in [0.15, 0.2) is 53.4 Å². The summed E-state index contributed by atoms with van der Waals surface area (Å²) in [6.45, 7) is 3.20. The Bertz CT molecular complexity index is 1010. The topological polar surface area (TPSA) is 84.9 Å². The zero-order valence-corrected chi connectivity index (χ0v) is 17.7. The van der Waals surface area contributed by atoms with Gasteiger partial charge in [0.15, 0.2) is 11.5 Å². The fraction of sp³-hybridized carbons (Fsp3) is 0.409. The Kier molecular flexibility index (Phi) is 5.97. The molecule has 1 N–H and O–H groups in total. The molecular formula is C22H26N2O5S. The number of rotatable bonds is 5. The molecule has 0 saturated carbocycles. The average Bonchev–Trinajstić information content (AvgIpc) is 2.77. The van der Waals surface area contributed by atoms with Crippen molar-refractivity contribution in [2.75, 3.05) is 26.2 Å². The molecule has 1 fully saturated rings. The van der Waals surface area contributed by atoms with E-state index in [1.54, 1.807) is 24.3 Å². The van der Waals surface area contributed by atoms with Crippen LogP contribution in [0.4, 0.5) is 0 Å². The number of amides is 1. The zero-order valence-electron chi connectivity index (χ0n) is 16.9. The second kappa shape index (κ2) is 8.65. The smallest absolute Gasteiger partial charge is 0.243 e. The Morgan fingerprint density at radius 2 is 1.87 bits per heavy atom. The molecule has 7 nitrogen and oxygen atoms in total. The van der Waals surface area contributed by atoms with E-state index in [4.69, 9.17) is 9.47 Å². The van der Waals surface area contributed by atoms with Crippen molar-refractivity contribution in [3.63, 3.8) is 0 Å². The highest BCUT2D eigenvalue weighted by Gasteiger charge is 2.33. The van der Waals surface area contributed by atoms with Crippen molar-refractivity contribution in [1.82, 2.24) is 9.62 Å². The summed E-state index contributed by atoms with van der Waals surface area (Å²) in [6.07, 6.45) is 1.04. The first-order valence-electron chi connectivity index (χ1n) is 10.2. The molecule has 0 radical (unpaired) electrons. The van der Waals surface area contributed by atoms with E-state index >= 15 is 0 Å². The van der Waals surface area contributed by atoms with E-state index in [1.807, 2.05) is 31.2 Å². The van der Waals surface area contributed by atoms with Gasteiger partial charge in [-0.2, -0.15) is 4.31 Å². The molecule has 0 bridgehead atoms. The molecule has 0 aromatic heterocycles. The Balaban J connectivity index is 1.34. The average molecular weight is 431 g/mol. The maximum Gasteiger partial charge on any atom is 0.243 e. The Hall–Kier alpha value is -2.58. The summed E-state index contributed by atoms with van der Waals surface area (Å²) in [5.41, 5.74) is 1.00.